The van der Waals surface area contributed by atoms with Crippen molar-refractivity contribution < 1.29 is 4.79 Å². The first kappa shape index (κ1) is 11.7. The normalized spacial score (nSPS) is 28.0. The molecule has 1 heterocycles. The van der Waals surface area contributed by atoms with Crippen molar-refractivity contribution in [3.63, 3.8) is 0 Å². The largest absolute Gasteiger partial charge is 0.302 e. The van der Waals surface area contributed by atoms with Crippen LogP contribution in [0.4, 0.5) is 0 Å². The molecule has 2 heteroatoms. The lowest BCUT2D eigenvalue weighted by molar-refractivity contribution is -0.135. The van der Waals surface area contributed by atoms with Crippen LogP contribution in [0.5, 0.6) is 0 Å². The second-order valence-electron chi connectivity index (χ2n) is 5.03. The summed E-state index contributed by atoms with van der Waals surface area (Å²) in [6, 6.07) is 0.448. The zero-order chi connectivity index (χ0) is 10.8. The molecule has 0 amide bonds. The van der Waals surface area contributed by atoms with E-state index in [-0.39, 0.29) is 5.41 Å². The third-order valence-electron chi connectivity index (χ3n) is 3.61. The zero-order valence-electron chi connectivity index (χ0n) is 9.97. The Balaban J connectivity index is 2.69. The maximum Gasteiger partial charge on any atom is 0.141 e. The van der Waals surface area contributed by atoms with Gasteiger partial charge in [-0.25, -0.2) is 0 Å². The highest BCUT2D eigenvalue weighted by Gasteiger charge is 2.41. The van der Waals surface area contributed by atoms with Crippen LogP contribution in [0.25, 0.3) is 0 Å². The number of hydrogen-bond acceptors (Lipinski definition) is 2. The van der Waals surface area contributed by atoms with Crippen LogP contribution in [0.3, 0.4) is 0 Å². The third-order valence-corrected chi connectivity index (χ3v) is 3.61. The number of nitrogens with zero attached hydrogens (tertiary/aromatic N) is 1. The summed E-state index contributed by atoms with van der Waals surface area (Å²) in [7, 11) is 2.15. The Labute approximate surface area is 87.7 Å². The Kier molecular flexibility index (Phi) is 3.71. The summed E-state index contributed by atoms with van der Waals surface area (Å²) in [6.45, 7) is 7.35. The van der Waals surface area contributed by atoms with Gasteiger partial charge in [-0.05, 0) is 13.5 Å². The SMILES string of the molecule is CCCCC1N(C)CCC(=O)C1(C)C. The Morgan fingerprint density at radius 2 is 2.14 bits per heavy atom. The van der Waals surface area contributed by atoms with Crippen molar-refractivity contribution in [2.45, 2.75) is 52.5 Å². The van der Waals surface area contributed by atoms with Crippen LogP contribution >= 0.6 is 0 Å². The van der Waals surface area contributed by atoms with Gasteiger partial charge >= 0.3 is 0 Å². The number of carbonyl (C=O) groups is 1. The van der Waals surface area contributed by atoms with Gasteiger partial charge in [0.25, 0.3) is 0 Å². The molecule has 0 radical (unpaired) electrons. The maximum atomic E-state index is 11.8. The van der Waals surface area contributed by atoms with E-state index in [2.05, 4.69) is 32.7 Å². The predicted molar refractivity (Wildman–Crippen MR) is 59.3 cm³/mol. The van der Waals surface area contributed by atoms with Gasteiger partial charge in [-0.3, -0.25) is 4.79 Å². The summed E-state index contributed by atoms with van der Waals surface area (Å²) < 4.78 is 0. The summed E-state index contributed by atoms with van der Waals surface area (Å²) in [5.41, 5.74) is -0.137. The first-order valence-corrected chi connectivity index (χ1v) is 5.73. The van der Waals surface area contributed by atoms with Gasteiger partial charge in [0.2, 0.25) is 0 Å². The van der Waals surface area contributed by atoms with Gasteiger partial charge < -0.3 is 4.90 Å². The van der Waals surface area contributed by atoms with Crippen molar-refractivity contribution in [3.8, 4) is 0 Å². The van der Waals surface area contributed by atoms with Crippen LogP contribution in [0.1, 0.15) is 46.5 Å². The number of rotatable bonds is 3. The molecule has 0 aromatic heterocycles. The zero-order valence-corrected chi connectivity index (χ0v) is 9.97. The standard InChI is InChI=1S/C12H23NO/c1-5-6-7-10-12(2,3)11(14)8-9-13(10)4/h10H,5-9H2,1-4H3. The van der Waals surface area contributed by atoms with Crippen molar-refractivity contribution in [2.24, 2.45) is 5.41 Å². The summed E-state index contributed by atoms with van der Waals surface area (Å²) in [6.07, 6.45) is 4.33. The van der Waals surface area contributed by atoms with Gasteiger partial charge in [-0.2, -0.15) is 0 Å². The fraction of sp³-hybridized carbons (Fsp3) is 0.917. The third kappa shape index (κ3) is 2.17. The molecule has 1 fully saturated rings. The first-order chi connectivity index (χ1) is 6.50. The Morgan fingerprint density at radius 3 is 2.71 bits per heavy atom. The average molecular weight is 197 g/mol. The number of likely N-dealkylation sites (tertiary alicyclic amines) is 1. The molecule has 1 unspecified atom stereocenters. The van der Waals surface area contributed by atoms with Crippen molar-refractivity contribution >= 4 is 5.78 Å². The van der Waals surface area contributed by atoms with E-state index in [4.69, 9.17) is 0 Å². The first-order valence-electron chi connectivity index (χ1n) is 5.73. The van der Waals surface area contributed by atoms with Crippen LogP contribution < -0.4 is 0 Å². The second kappa shape index (κ2) is 4.43. The smallest absolute Gasteiger partial charge is 0.141 e. The van der Waals surface area contributed by atoms with E-state index in [1.54, 1.807) is 0 Å². The van der Waals surface area contributed by atoms with Crippen LogP contribution in [-0.2, 0) is 4.79 Å². The lowest BCUT2D eigenvalue weighted by Gasteiger charge is -2.43. The highest BCUT2D eigenvalue weighted by Crippen LogP contribution is 2.34. The number of hydrogen-bond donors (Lipinski definition) is 0. The van der Waals surface area contributed by atoms with Crippen LogP contribution in [0.15, 0.2) is 0 Å². The molecule has 0 saturated carbocycles. The number of ketones is 1. The number of Topliss-reactive ketones (excluding diaryl/α,β-unsaturated/α-hetero) is 1. The minimum atomic E-state index is -0.137. The van der Waals surface area contributed by atoms with Crippen molar-refractivity contribution in [3.05, 3.63) is 0 Å². The minimum absolute atomic E-state index is 0.137. The molecule has 0 aromatic carbocycles. The van der Waals surface area contributed by atoms with E-state index in [9.17, 15) is 4.79 Å². The number of carbonyl (C=O) groups excluding carboxylic acids is 1. The molecular formula is C12H23NO. The molecular weight excluding hydrogens is 174 g/mol. The van der Waals surface area contributed by atoms with Crippen LogP contribution in [0.2, 0.25) is 0 Å². The Bertz CT molecular complexity index is 210. The molecule has 1 saturated heterocycles. The Morgan fingerprint density at radius 1 is 1.50 bits per heavy atom. The second-order valence-corrected chi connectivity index (χ2v) is 5.03. The Hall–Kier alpha value is -0.370. The molecule has 82 valence electrons. The van der Waals surface area contributed by atoms with Gasteiger partial charge in [0.1, 0.15) is 5.78 Å². The molecule has 1 aliphatic heterocycles. The van der Waals surface area contributed by atoms with Gasteiger partial charge in [0, 0.05) is 24.4 Å². The lowest BCUT2D eigenvalue weighted by atomic mass is 9.73. The molecule has 0 spiro atoms. The number of unbranched alkanes of at least 4 members (excludes halogenated alkanes) is 1. The van der Waals surface area contributed by atoms with E-state index in [0.29, 0.717) is 11.8 Å². The monoisotopic (exact) mass is 197 g/mol. The van der Waals surface area contributed by atoms with Crippen LogP contribution in [-0.4, -0.2) is 30.3 Å². The number of piperidine rings is 1. The molecule has 2 nitrogen and oxygen atoms in total. The molecule has 1 atom stereocenters. The van der Waals surface area contributed by atoms with E-state index < -0.39 is 0 Å². The summed E-state index contributed by atoms with van der Waals surface area (Å²) in [5.74, 6) is 0.441. The topological polar surface area (TPSA) is 20.3 Å². The molecule has 0 N–H and O–H groups in total. The maximum absolute atomic E-state index is 11.8. The molecule has 0 aromatic rings. The lowest BCUT2D eigenvalue weighted by Crippen LogP contribution is -2.52. The highest BCUT2D eigenvalue weighted by molar-refractivity contribution is 5.85. The summed E-state index contributed by atoms with van der Waals surface area (Å²) in [4.78, 5) is 14.2. The predicted octanol–water partition coefficient (Wildman–Crippen LogP) is 2.48. The molecule has 0 bridgehead atoms. The summed E-state index contributed by atoms with van der Waals surface area (Å²) in [5, 5.41) is 0. The van der Waals surface area contributed by atoms with Gasteiger partial charge in [0.15, 0.2) is 0 Å². The quantitative estimate of drug-likeness (QED) is 0.692. The van der Waals surface area contributed by atoms with Gasteiger partial charge in [0.05, 0.1) is 0 Å². The van der Waals surface area contributed by atoms with Crippen molar-refractivity contribution in [1.82, 2.24) is 4.90 Å². The van der Waals surface area contributed by atoms with Crippen molar-refractivity contribution in [2.75, 3.05) is 13.6 Å². The van der Waals surface area contributed by atoms with E-state index in [1.165, 1.54) is 12.8 Å². The van der Waals surface area contributed by atoms with Gasteiger partial charge in [-0.15, -0.1) is 0 Å². The van der Waals surface area contributed by atoms with E-state index in [1.807, 2.05) is 0 Å². The minimum Gasteiger partial charge on any atom is -0.302 e. The van der Waals surface area contributed by atoms with Gasteiger partial charge in [-0.1, -0.05) is 33.6 Å². The molecule has 1 aliphatic rings. The highest BCUT2D eigenvalue weighted by atomic mass is 16.1. The van der Waals surface area contributed by atoms with E-state index in [0.717, 1.165) is 19.4 Å². The average Bonchev–Trinajstić information content (AvgIpc) is 2.12. The molecule has 1 rings (SSSR count). The molecule has 0 aliphatic carbocycles. The molecule has 14 heavy (non-hydrogen) atoms. The van der Waals surface area contributed by atoms with Crippen LogP contribution in [0, 0.1) is 5.41 Å². The fourth-order valence-corrected chi connectivity index (χ4v) is 2.47. The summed E-state index contributed by atoms with van der Waals surface area (Å²) >= 11 is 0. The fourth-order valence-electron chi connectivity index (χ4n) is 2.47. The van der Waals surface area contributed by atoms with Crippen molar-refractivity contribution in [1.29, 1.82) is 0 Å². The van der Waals surface area contributed by atoms with E-state index >= 15 is 0 Å².